The van der Waals surface area contributed by atoms with Gasteiger partial charge in [-0.15, -0.1) is 13.2 Å². The summed E-state index contributed by atoms with van der Waals surface area (Å²) in [7, 11) is 1.50. The predicted octanol–water partition coefficient (Wildman–Crippen LogP) is 3.59. The van der Waals surface area contributed by atoms with Gasteiger partial charge in [0.1, 0.15) is 11.8 Å². The van der Waals surface area contributed by atoms with Gasteiger partial charge in [-0.25, -0.2) is 4.98 Å². The Morgan fingerprint density at radius 2 is 1.83 bits per heavy atom. The van der Waals surface area contributed by atoms with Crippen LogP contribution in [-0.4, -0.2) is 46.2 Å². The number of fused-ring (bicyclic) bond motifs is 1. The van der Waals surface area contributed by atoms with Gasteiger partial charge in [0.15, 0.2) is 0 Å². The van der Waals surface area contributed by atoms with Crippen molar-refractivity contribution < 1.29 is 27.5 Å². The Morgan fingerprint density at radius 1 is 1.17 bits per heavy atom. The number of hydrogen-bond acceptors (Lipinski definition) is 4. The van der Waals surface area contributed by atoms with Crippen LogP contribution in [0.1, 0.15) is 13.0 Å². The van der Waals surface area contributed by atoms with Crippen molar-refractivity contribution in [3.05, 3.63) is 54.9 Å². The van der Waals surface area contributed by atoms with Crippen LogP contribution in [0.4, 0.5) is 18.9 Å². The first-order valence-corrected chi connectivity index (χ1v) is 8.96. The van der Waals surface area contributed by atoms with Crippen molar-refractivity contribution in [2.75, 3.05) is 18.9 Å². The molecule has 0 spiro atoms. The number of para-hydroxylation sites is 2. The minimum absolute atomic E-state index is 0.226. The summed E-state index contributed by atoms with van der Waals surface area (Å²) in [6, 6.07) is 11.5. The van der Waals surface area contributed by atoms with Gasteiger partial charge in [0.25, 0.3) is 0 Å². The van der Waals surface area contributed by atoms with E-state index in [1.165, 1.54) is 24.1 Å². The lowest BCUT2D eigenvalue weighted by atomic mass is 10.2. The van der Waals surface area contributed by atoms with Crippen molar-refractivity contribution in [3.63, 3.8) is 0 Å². The van der Waals surface area contributed by atoms with Crippen LogP contribution in [-0.2, 0) is 9.59 Å². The van der Waals surface area contributed by atoms with Gasteiger partial charge in [-0.3, -0.25) is 9.59 Å². The number of anilines is 1. The van der Waals surface area contributed by atoms with Crippen molar-refractivity contribution in [1.82, 2.24) is 14.5 Å². The highest BCUT2D eigenvalue weighted by Gasteiger charge is 2.31. The fourth-order valence-corrected chi connectivity index (χ4v) is 2.96. The zero-order chi connectivity index (χ0) is 21.9. The summed E-state index contributed by atoms with van der Waals surface area (Å²) in [6.45, 7) is 1.49. The number of benzene rings is 2. The van der Waals surface area contributed by atoms with Crippen molar-refractivity contribution in [2.45, 2.75) is 19.3 Å². The molecule has 2 aromatic carbocycles. The molecule has 1 N–H and O–H groups in total. The van der Waals surface area contributed by atoms with Crippen LogP contribution in [0, 0.1) is 0 Å². The van der Waals surface area contributed by atoms with E-state index in [1.807, 2.05) is 24.3 Å². The molecule has 30 heavy (non-hydrogen) atoms. The number of nitrogens with one attached hydrogen (secondary N) is 1. The molecule has 0 saturated heterocycles. The van der Waals surface area contributed by atoms with Crippen LogP contribution in [0.15, 0.2) is 54.9 Å². The lowest BCUT2D eigenvalue weighted by molar-refractivity contribution is -0.274. The summed E-state index contributed by atoms with van der Waals surface area (Å²) < 4.78 is 42.1. The number of amides is 2. The molecule has 0 saturated carbocycles. The highest BCUT2D eigenvalue weighted by atomic mass is 19.4. The third-order valence-electron chi connectivity index (χ3n) is 4.38. The SMILES string of the molecule is CC(C(=O)N(C)CC(=O)Nc1ccc(OC(F)(F)F)cc1)n1cnc2ccccc21. The molecule has 10 heteroatoms. The fourth-order valence-electron chi connectivity index (χ4n) is 2.96. The van der Waals surface area contributed by atoms with Crippen molar-refractivity contribution >= 4 is 28.5 Å². The Hall–Kier alpha value is -3.56. The molecule has 1 aromatic heterocycles. The summed E-state index contributed by atoms with van der Waals surface area (Å²) in [5.41, 5.74) is 1.84. The Labute approximate surface area is 170 Å². The average Bonchev–Trinajstić information content (AvgIpc) is 3.11. The quantitative estimate of drug-likeness (QED) is 0.661. The van der Waals surface area contributed by atoms with E-state index in [2.05, 4.69) is 15.0 Å². The van der Waals surface area contributed by atoms with Gasteiger partial charge in [0.2, 0.25) is 11.8 Å². The second-order valence-electron chi connectivity index (χ2n) is 6.63. The normalized spacial score (nSPS) is 12.4. The van der Waals surface area contributed by atoms with E-state index in [1.54, 1.807) is 17.8 Å². The summed E-state index contributed by atoms with van der Waals surface area (Å²) in [6.07, 6.45) is -3.21. The number of carbonyl (C=O) groups is 2. The Kier molecular flexibility index (Phi) is 5.95. The number of alkyl halides is 3. The maximum atomic E-state index is 12.7. The van der Waals surface area contributed by atoms with Crippen molar-refractivity contribution in [2.24, 2.45) is 0 Å². The summed E-state index contributed by atoms with van der Waals surface area (Å²) in [5.74, 6) is -1.17. The second kappa shape index (κ2) is 8.44. The van der Waals surface area contributed by atoms with E-state index in [0.717, 1.165) is 23.2 Å². The Balaban J connectivity index is 1.59. The van der Waals surface area contributed by atoms with Gasteiger partial charge in [-0.2, -0.15) is 0 Å². The van der Waals surface area contributed by atoms with Crippen molar-refractivity contribution in [3.8, 4) is 5.75 Å². The van der Waals surface area contributed by atoms with E-state index < -0.39 is 24.1 Å². The molecule has 3 rings (SSSR count). The van der Waals surface area contributed by atoms with E-state index in [4.69, 9.17) is 0 Å². The first kappa shape index (κ1) is 21.2. The van der Waals surface area contributed by atoms with E-state index in [0.29, 0.717) is 0 Å². The molecule has 0 aliphatic heterocycles. The lowest BCUT2D eigenvalue weighted by Crippen LogP contribution is -2.38. The molecule has 2 amide bonds. The molecular formula is C20H19F3N4O3. The van der Waals surface area contributed by atoms with Gasteiger partial charge in [0.05, 0.1) is 23.9 Å². The van der Waals surface area contributed by atoms with Crippen LogP contribution in [0.2, 0.25) is 0 Å². The van der Waals surface area contributed by atoms with E-state index in [-0.39, 0.29) is 18.1 Å². The zero-order valence-electron chi connectivity index (χ0n) is 16.2. The van der Waals surface area contributed by atoms with Crippen LogP contribution in [0.3, 0.4) is 0 Å². The molecule has 158 valence electrons. The first-order valence-electron chi connectivity index (χ1n) is 8.96. The number of carbonyl (C=O) groups excluding carboxylic acids is 2. The number of imidazole rings is 1. The molecule has 0 bridgehead atoms. The molecular weight excluding hydrogens is 401 g/mol. The zero-order valence-corrected chi connectivity index (χ0v) is 16.2. The van der Waals surface area contributed by atoms with Gasteiger partial charge < -0.3 is 19.5 Å². The Bertz CT molecular complexity index is 1050. The van der Waals surface area contributed by atoms with E-state index in [9.17, 15) is 22.8 Å². The monoisotopic (exact) mass is 420 g/mol. The molecule has 0 aliphatic rings. The van der Waals surface area contributed by atoms with E-state index >= 15 is 0 Å². The van der Waals surface area contributed by atoms with Gasteiger partial charge in [-0.05, 0) is 43.3 Å². The molecule has 1 unspecified atom stereocenters. The number of hydrogen-bond donors (Lipinski definition) is 1. The second-order valence-corrected chi connectivity index (χ2v) is 6.63. The molecule has 3 aromatic rings. The predicted molar refractivity (Wildman–Crippen MR) is 104 cm³/mol. The molecule has 0 aliphatic carbocycles. The third-order valence-corrected chi connectivity index (χ3v) is 4.38. The Morgan fingerprint density at radius 3 is 2.50 bits per heavy atom. The largest absolute Gasteiger partial charge is 0.573 e. The smallest absolute Gasteiger partial charge is 0.406 e. The topological polar surface area (TPSA) is 76.5 Å². The number of nitrogens with zero attached hydrogens (tertiary/aromatic N) is 3. The van der Waals surface area contributed by atoms with Crippen LogP contribution in [0.5, 0.6) is 5.75 Å². The third kappa shape index (κ3) is 5.07. The fraction of sp³-hybridized carbons (Fsp3) is 0.250. The first-order chi connectivity index (χ1) is 14.1. The van der Waals surface area contributed by atoms with Crippen LogP contribution < -0.4 is 10.1 Å². The summed E-state index contributed by atoms with van der Waals surface area (Å²) in [5, 5.41) is 2.53. The number of halogens is 3. The van der Waals surface area contributed by atoms with Crippen LogP contribution in [0.25, 0.3) is 11.0 Å². The lowest BCUT2D eigenvalue weighted by Gasteiger charge is -2.22. The summed E-state index contributed by atoms with van der Waals surface area (Å²) in [4.78, 5) is 30.5. The minimum Gasteiger partial charge on any atom is -0.406 e. The summed E-state index contributed by atoms with van der Waals surface area (Å²) >= 11 is 0. The number of ether oxygens (including phenoxy) is 1. The minimum atomic E-state index is -4.79. The molecule has 1 heterocycles. The van der Waals surface area contributed by atoms with Gasteiger partial charge >= 0.3 is 6.36 Å². The number of rotatable bonds is 6. The molecule has 1 atom stereocenters. The molecule has 7 nitrogen and oxygen atoms in total. The standard InChI is InChI=1S/C20H19F3N4O3/c1-13(27-12-24-16-5-3-4-6-17(16)27)19(29)26(2)11-18(28)25-14-7-9-15(10-8-14)30-20(21,22)23/h3-10,12-13H,11H2,1-2H3,(H,25,28). The maximum Gasteiger partial charge on any atom is 0.573 e. The number of aromatic nitrogens is 2. The van der Waals surface area contributed by atoms with Crippen molar-refractivity contribution in [1.29, 1.82) is 0 Å². The van der Waals surface area contributed by atoms with Gasteiger partial charge in [0, 0.05) is 12.7 Å². The highest BCUT2D eigenvalue weighted by molar-refractivity contribution is 5.95. The number of likely N-dealkylation sites (N-methyl/N-ethyl adjacent to an activating group) is 1. The average molecular weight is 420 g/mol. The highest BCUT2D eigenvalue weighted by Crippen LogP contribution is 2.24. The maximum absolute atomic E-state index is 12.7. The molecule has 0 radical (unpaired) electrons. The van der Waals surface area contributed by atoms with Crippen LogP contribution >= 0.6 is 0 Å². The molecule has 0 fully saturated rings. The van der Waals surface area contributed by atoms with Gasteiger partial charge in [-0.1, -0.05) is 12.1 Å².